The van der Waals surface area contributed by atoms with Crippen LogP contribution in [0.1, 0.15) is 37.8 Å². The van der Waals surface area contributed by atoms with Crippen LogP contribution in [0.25, 0.3) is 0 Å². The molecule has 92 valence electrons. The first kappa shape index (κ1) is 12.2. The van der Waals surface area contributed by atoms with E-state index in [1.54, 1.807) is 0 Å². The van der Waals surface area contributed by atoms with Crippen LogP contribution in [0.4, 0.5) is 5.69 Å². The van der Waals surface area contributed by atoms with Gasteiger partial charge in [-0.2, -0.15) is 0 Å². The lowest BCUT2D eigenvalue weighted by Crippen LogP contribution is -2.23. The number of hydrogen-bond acceptors (Lipinski definition) is 1. The van der Waals surface area contributed by atoms with Crippen molar-refractivity contribution in [2.75, 3.05) is 5.32 Å². The van der Waals surface area contributed by atoms with Gasteiger partial charge in [-0.1, -0.05) is 32.0 Å². The van der Waals surface area contributed by atoms with Crippen LogP contribution in [-0.4, -0.2) is 5.91 Å². The minimum Gasteiger partial charge on any atom is -0.325 e. The molecule has 2 heteroatoms. The van der Waals surface area contributed by atoms with E-state index in [1.807, 2.05) is 13.0 Å². The first-order chi connectivity index (χ1) is 8.13. The fourth-order valence-corrected chi connectivity index (χ4v) is 2.25. The summed E-state index contributed by atoms with van der Waals surface area (Å²) in [5.41, 5.74) is 3.40. The van der Waals surface area contributed by atoms with Crippen LogP contribution < -0.4 is 5.32 Å². The summed E-state index contributed by atoms with van der Waals surface area (Å²) < 4.78 is 0. The second-order valence-electron chi connectivity index (χ2n) is 5.08. The minimum atomic E-state index is 0.152. The summed E-state index contributed by atoms with van der Waals surface area (Å²) in [5.74, 6) is 0.944. The Morgan fingerprint density at radius 2 is 2.18 bits per heavy atom. The number of para-hydroxylation sites is 1. The second kappa shape index (κ2) is 4.91. The van der Waals surface area contributed by atoms with E-state index in [0.29, 0.717) is 5.92 Å². The number of aryl methyl sites for hydroxylation is 2. The molecule has 0 aliphatic heterocycles. The molecule has 1 aliphatic carbocycles. The molecular weight excluding hydrogens is 210 g/mol. The number of hydrogen-bond donors (Lipinski definition) is 1. The molecule has 1 aliphatic rings. The maximum atomic E-state index is 12.1. The first-order valence-electron chi connectivity index (χ1n) is 6.52. The average Bonchev–Trinajstić information content (AvgIpc) is 3.14. The van der Waals surface area contributed by atoms with E-state index in [-0.39, 0.29) is 11.8 Å². The summed E-state index contributed by atoms with van der Waals surface area (Å²) in [6, 6.07) is 6.19. The van der Waals surface area contributed by atoms with Gasteiger partial charge in [-0.3, -0.25) is 4.79 Å². The maximum absolute atomic E-state index is 12.1. The molecule has 2 nitrogen and oxygen atoms in total. The Bertz CT molecular complexity index is 421. The van der Waals surface area contributed by atoms with Crippen molar-refractivity contribution < 1.29 is 4.79 Å². The molecule has 0 radical (unpaired) electrons. The van der Waals surface area contributed by atoms with E-state index >= 15 is 0 Å². The van der Waals surface area contributed by atoms with Gasteiger partial charge in [0.15, 0.2) is 0 Å². The molecule has 1 amide bonds. The van der Waals surface area contributed by atoms with Crippen LogP contribution in [0.5, 0.6) is 0 Å². The zero-order valence-electron chi connectivity index (χ0n) is 10.9. The maximum Gasteiger partial charge on any atom is 0.227 e. The third-order valence-corrected chi connectivity index (χ3v) is 3.73. The van der Waals surface area contributed by atoms with Crippen molar-refractivity contribution in [1.29, 1.82) is 0 Å². The first-order valence-corrected chi connectivity index (χ1v) is 6.52. The highest BCUT2D eigenvalue weighted by molar-refractivity contribution is 5.94. The van der Waals surface area contributed by atoms with Crippen molar-refractivity contribution in [2.45, 2.75) is 40.0 Å². The number of benzene rings is 1. The molecule has 2 rings (SSSR count). The van der Waals surface area contributed by atoms with Gasteiger partial charge in [-0.15, -0.1) is 0 Å². The van der Waals surface area contributed by atoms with Gasteiger partial charge in [0.1, 0.15) is 0 Å². The molecule has 0 bridgehead atoms. The van der Waals surface area contributed by atoms with Gasteiger partial charge in [0, 0.05) is 11.6 Å². The Hall–Kier alpha value is -1.31. The quantitative estimate of drug-likeness (QED) is 0.843. The van der Waals surface area contributed by atoms with Crippen molar-refractivity contribution in [3.8, 4) is 0 Å². The Morgan fingerprint density at radius 3 is 2.76 bits per heavy atom. The van der Waals surface area contributed by atoms with Crippen LogP contribution in [0.15, 0.2) is 18.2 Å². The Kier molecular flexibility index (Phi) is 3.51. The normalized spacial score (nSPS) is 16.6. The van der Waals surface area contributed by atoms with Crippen LogP contribution in [0.3, 0.4) is 0 Å². The number of rotatable bonds is 4. The fraction of sp³-hybridized carbons (Fsp3) is 0.533. The summed E-state index contributed by atoms with van der Waals surface area (Å²) in [4.78, 5) is 12.1. The summed E-state index contributed by atoms with van der Waals surface area (Å²) in [7, 11) is 0. The number of anilines is 1. The third-order valence-electron chi connectivity index (χ3n) is 3.73. The Balaban J connectivity index is 2.14. The van der Waals surface area contributed by atoms with E-state index in [9.17, 15) is 4.79 Å². The zero-order valence-corrected chi connectivity index (χ0v) is 10.9. The van der Waals surface area contributed by atoms with Crippen molar-refractivity contribution in [1.82, 2.24) is 0 Å². The topological polar surface area (TPSA) is 29.1 Å². The van der Waals surface area contributed by atoms with Crippen LogP contribution in [0, 0.1) is 18.8 Å². The predicted molar refractivity (Wildman–Crippen MR) is 71.1 cm³/mol. The molecule has 1 atom stereocenters. The SMILES string of the molecule is CCc1cccc(C)c1NC(=O)C(C)C1CC1. The second-order valence-corrected chi connectivity index (χ2v) is 5.08. The molecule has 0 spiro atoms. The van der Waals surface area contributed by atoms with Crippen LogP contribution in [-0.2, 0) is 11.2 Å². The molecule has 0 saturated heterocycles. The highest BCUT2D eigenvalue weighted by Gasteiger charge is 2.32. The van der Waals surface area contributed by atoms with Gasteiger partial charge in [0.25, 0.3) is 0 Å². The van der Waals surface area contributed by atoms with Crippen molar-refractivity contribution >= 4 is 11.6 Å². The molecule has 1 aromatic carbocycles. The number of carbonyl (C=O) groups is 1. The predicted octanol–water partition coefficient (Wildman–Crippen LogP) is 3.54. The van der Waals surface area contributed by atoms with E-state index in [2.05, 4.69) is 31.3 Å². The summed E-state index contributed by atoms with van der Waals surface area (Å²) >= 11 is 0. The smallest absolute Gasteiger partial charge is 0.227 e. The largest absolute Gasteiger partial charge is 0.325 e. The molecule has 0 heterocycles. The lowest BCUT2D eigenvalue weighted by molar-refractivity contribution is -0.119. The molecule has 1 N–H and O–H groups in total. The van der Waals surface area contributed by atoms with E-state index < -0.39 is 0 Å². The number of carbonyl (C=O) groups excluding carboxylic acids is 1. The third kappa shape index (κ3) is 2.68. The summed E-state index contributed by atoms with van der Waals surface area (Å²) in [6.45, 7) is 6.21. The standard InChI is InChI=1S/C15H21NO/c1-4-12-7-5-6-10(2)14(12)16-15(17)11(3)13-8-9-13/h5-7,11,13H,4,8-9H2,1-3H3,(H,16,17). The van der Waals surface area contributed by atoms with Gasteiger partial charge < -0.3 is 5.32 Å². The molecule has 0 aromatic heterocycles. The minimum absolute atomic E-state index is 0.152. The van der Waals surface area contributed by atoms with E-state index in [0.717, 1.165) is 17.7 Å². The van der Waals surface area contributed by atoms with Gasteiger partial charge in [0.05, 0.1) is 0 Å². The molecule has 1 unspecified atom stereocenters. The molecule has 17 heavy (non-hydrogen) atoms. The van der Waals surface area contributed by atoms with Crippen molar-refractivity contribution in [2.24, 2.45) is 11.8 Å². The Labute approximate surface area is 103 Å². The van der Waals surface area contributed by atoms with Gasteiger partial charge >= 0.3 is 0 Å². The molecular formula is C15H21NO. The van der Waals surface area contributed by atoms with Crippen LogP contribution in [0.2, 0.25) is 0 Å². The molecule has 1 aromatic rings. The number of amides is 1. The summed E-state index contributed by atoms with van der Waals surface area (Å²) in [6.07, 6.45) is 3.38. The highest BCUT2D eigenvalue weighted by atomic mass is 16.1. The highest BCUT2D eigenvalue weighted by Crippen LogP contribution is 2.37. The van der Waals surface area contributed by atoms with Gasteiger partial charge in [0.2, 0.25) is 5.91 Å². The Morgan fingerprint density at radius 1 is 1.47 bits per heavy atom. The van der Waals surface area contributed by atoms with E-state index in [1.165, 1.54) is 18.4 Å². The monoisotopic (exact) mass is 231 g/mol. The van der Waals surface area contributed by atoms with Crippen molar-refractivity contribution in [3.63, 3.8) is 0 Å². The lowest BCUT2D eigenvalue weighted by atomic mass is 10.0. The lowest BCUT2D eigenvalue weighted by Gasteiger charge is -2.16. The summed E-state index contributed by atoms with van der Waals surface area (Å²) in [5, 5.41) is 3.11. The van der Waals surface area contributed by atoms with E-state index in [4.69, 9.17) is 0 Å². The van der Waals surface area contributed by atoms with Crippen LogP contribution >= 0.6 is 0 Å². The van der Waals surface area contributed by atoms with Crippen molar-refractivity contribution in [3.05, 3.63) is 29.3 Å². The molecule has 1 fully saturated rings. The van der Waals surface area contributed by atoms with Gasteiger partial charge in [-0.25, -0.2) is 0 Å². The molecule has 1 saturated carbocycles. The van der Waals surface area contributed by atoms with Gasteiger partial charge in [-0.05, 0) is 43.2 Å². The zero-order chi connectivity index (χ0) is 12.4. The average molecular weight is 231 g/mol. The fourth-order valence-electron chi connectivity index (χ4n) is 2.25. The number of nitrogens with one attached hydrogen (secondary N) is 1.